The number of fused-ring (bicyclic) bond motifs is 2. The first-order chi connectivity index (χ1) is 12.7. The van der Waals surface area contributed by atoms with E-state index in [0.29, 0.717) is 19.6 Å². The van der Waals surface area contributed by atoms with E-state index in [-0.39, 0.29) is 5.91 Å². The molecule has 26 heavy (non-hydrogen) atoms. The Labute approximate surface area is 155 Å². The van der Waals surface area contributed by atoms with E-state index in [4.69, 9.17) is 0 Å². The summed E-state index contributed by atoms with van der Waals surface area (Å²) in [4.78, 5) is 17.0. The number of carbonyl (C=O) groups excluding carboxylic acids is 1. The van der Waals surface area contributed by atoms with E-state index in [0.717, 1.165) is 43.5 Å². The lowest BCUT2D eigenvalue weighted by atomic mass is 10.00. The van der Waals surface area contributed by atoms with Gasteiger partial charge in [-0.05, 0) is 42.0 Å². The number of aliphatic hydroxyl groups is 1. The van der Waals surface area contributed by atoms with Crippen molar-refractivity contribution in [3.05, 3.63) is 70.8 Å². The number of amides is 1. The topological polar surface area (TPSA) is 43.8 Å². The number of nitrogens with zero attached hydrogens (tertiary/aromatic N) is 2. The summed E-state index contributed by atoms with van der Waals surface area (Å²) >= 11 is 0. The van der Waals surface area contributed by atoms with Crippen LogP contribution in [0.5, 0.6) is 0 Å². The number of β-amino-alcohol motifs (C(OH)–C–C–N with tert-alkyl or cyclic N) is 1. The van der Waals surface area contributed by atoms with E-state index in [9.17, 15) is 9.90 Å². The fourth-order valence-corrected chi connectivity index (χ4v) is 4.17. The largest absolute Gasteiger partial charge is 0.390 e. The third-order valence-electron chi connectivity index (χ3n) is 5.52. The van der Waals surface area contributed by atoms with Crippen molar-refractivity contribution >= 4 is 5.91 Å². The number of hydrogen-bond donors (Lipinski definition) is 1. The molecule has 0 fully saturated rings. The summed E-state index contributed by atoms with van der Waals surface area (Å²) in [5, 5.41) is 10.6. The van der Waals surface area contributed by atoms with Crippen LogP contribution in [0.2, 0.25) is 0 Å². The molecular weight excluding hydrogens is 324 g/mol. The van der Waals surface area contributed by atoms with Gasteiger partial charge in [0.2, 0.25) is 0 Å². The van der Waals surface area contributed by atoms with Crippen LogP contribution in [-0.4, -0.2) is 53.1 Å². The van der Waals surface area contributed by atoms with Crippen LogP contribution in [0.1, 0.15) is 33.5 Å². The summed E-state index contributed by atoms with van der Waals surface area (Å²) in [5.74, 6) is 0.0566. The fourth-order valence-electron chi connectivity index (χ4n) is 4.17. The van der Waals surface area contributed by atoms with E-state index in [1.807, 2.05) is 29.2 Å². The molecule has 4 heteroatoms. The Morgan fingerprint density at radius 3 is 2.46 bits per heavy atom. The van der Waals surface area contributed by atoms with Crippen LogP contribution in [0, 0.1) is 0 Å². The van der Waals surface area contributed by atoms with Crippen LogP contribution in [0.3, 0.4) is 0 Å². The van der Waals surface area contributed by atoms with Crippen molar-refractivity contribution in [3.8, 4) is 0 Å². The molecule has 136 valence electrons. The van der Waals surface area contributed by atoms with Gasteiger partial charge in [0, 0.05) is 38.3 Å². The molecule has 2 aromatic rings. The predicted molar refractivity (Wildman–Crippen MR) is 102 cm³/mol. The Balaban J connectivity index is 1.38. The van der Waals surface area contributed by atoms with Crippen molar-refractivity contribution < 1.29 is 9.90 Å². The molecule has 0 saturated heterocycles. The van der Waals surface area contributed by atoms with Gasteiger partial charge in [0.1, 0.15) is 0 Å². The molecule has 0 aliphatic carbocycles. The highest BCUT2D eigenvalue weighted by atomic mass is 16.3. The first-order valence-electron chi connectivity index (χ1n) is 9.55. The van der Waals surface area contributed by atoms with Gasteiger partial charge in [-0.15, -0.1) is 0 Å². The maximum Gasteiger partial charge on any atom is 0.254 e. The summed E-state index contributed by atoms with van der Waals surface area (Å²) in [6, 6.07) is 16.4. The van der Waals surface area contributed by atoms with Gasteiger partial charge >= 0.3 is 0 Å². The molecule has 2 aliphatic heterocycles. The normalized spacial score (nSPS) is 18.8. The molecule has 1 N–H and O–H groups in total. The molecule has 0 aromatic heterocycles. The minimum Gasteiger partial charge on any atom is -0.390 e. The zero-order chi connectivity index (χ0) is 17.9. The van der Waals surface area contributed by atoms with Crippen molar-refractivity contribution in [1.82, 2.24) is 9.80 Å². The van der Waals surface area contributed by atoms with Crippen LogP contribution in [0.15, 0.2) is 48.5 Å². The Hall–Kier alpha value is -2.17. The number of hydrogen-bond acceptors (Lipinski definition) is 3. The number of carbonyl (C=O) groups is 1. The van der Waals surface area contributed by atoms with Crippen LogP contribution >= 0.6 is 0 Å². The molecule has 0 spiro atoms. The molecule has 4 rings (SSSR count). The van der Waals surface area contributed by atoms with Gasteiger partial charge < -0.3 is 10.0 Å². The maximum absolute atomic E-state index is 12.8. The number of rotatable bonds is 4. The molecule has 0 saturated carbocycles. The van der Waals surface area contributed by atoms with E-state index < -0.39 is 6.10 Å². The fraction of sp³-hybridized carbons (Fsp3) is 0.409. The molecule has 2 aromatic carbocycles. The molecule has 0 bridgehead atoms. The Bertz CT molecular complexity index is 789. The van der Waals surface area contributed by atoms with Crippen molar-refractivity contribution in [2.45, 2.75) is 31.9 Å². The lowest BCUT2D eigenvalue weighted by Gasteiger charge is -2.32. The number of aliphatic hydroxyl groups excluding tert-OH is 1. The zero-order valence-electron chi connectivity index (χ0n) is 15.1. The zero-order valence-corrected chi connectivity index (χ0v) is 15.1. The quantitative estimate of drug-likeness (QED) is 0.921. The average molecular weight is 350 g/mol. The number of aryl methyl sites for hydroxylation is 1. The summed E-state index contributed by atoms with van der Waals surface area (Å²) in [6.45, 7) is 3.58. The van der Waals surface area contributed by atoms with Gasteiger partial charge in [-0.1, -0.05) is 42.5 Å². The molecule has 1 amide bonds. The standard InChI is InChI=1S/C22H26N2O2/c25-20(15-23-13-11-17-6-1-2-8-19(17)14-23)16-24-12-5-9-18-7-3-4-10-21(18)22(24)26/h1-4,6-8,10,20,25H,5,9,11-16H2/t20-/m1/s1. The lowest BCUT2D eigenvalue weighted by Crippen LogP contribution is -2.44. The van der Waals surface area contributed by atoms with E-state index in [1.165, 1.54) is 11.1 Å². The number of benzene rings is 2. The highest BCUT2D eigenvalue weighted by Crippen LogP contribution is 2.20. The molecular formula is C22H26N2O2. The molecule has 4 nitrogen and oxygen atoms in total. The summed E-state index contributed by atoms with van der Waals surface area (Å²) < 4.78 is 0. The van der Waals surface area contributed by atoms with Gasteiger partial charge in [0.25, 0.3) is 5.91 Å². The second-order valence-electron chi connectivity index (χ2n) is 7.42. The Morgan fingerprint density at radius 2 is 1.62 bits per heavy atom. The average Bonchev–Trinajstić information content (AvgIpc) is 2.81. The van der Waals surface area contributed by atoms with Gasteiger partial charge in [-0.25, -0.2) is 0 Å². The first kappa shape index (κ1) is 17.3. The molecule has 0 unspecified atom stereocenters. The minimum atomic E-state index is -0.519. The van der Waals surface area contributed by atoms with Crippen LogP contribution in [0.4, 0.5) is 0 Å². The molecule has 2 heterocycles. The Morgan fingerprint density at radius 1 is 0.885 bits per heavy atom. The smallest absolute Gasteiger partial charge is 0.254 e. The van der Waals surface area contributed by atoms with Crippen molar-refractivity contribution in [2.24, 2.45) is 0 Å². The first-order valence-corrected chi connectivity index (χ1v) is 9.55. The molecule has 2 aliphatic rings. The second-order valence-corrected chi connectivity index (χ2v) is 7.42. The molecule has 0 radical (unpaired) electrons. The van der Waals surface area contributed by atoms with Crippen molar-refractivity contribution in [1.29, 1.82) is 0 Å². The third kappa shape index (κ3) is 3.67. The summed E-state index contributed by atoms with van der Waals surface area (Å²) in [6.07, 6.45) is 2.39. The summed E-state index contributed by atoms with van der Waals surface area (Å²) in [5.41, 5.74) is 4.69. The highest BCUT2D eigenvalue weighted by Gasteiger charge is 2.25. The van der Waals surface area contributed by atoms with Crippen LogP contribution in [-0.2, 0) is 19.4 Å². The SMILES string of the molecule is O=C1c2ccccc2CCCN1C[C@H](O)CN1CCc2ccccc2C1. The third-order valence-corrected chi connectivity index (χ3v) is 5.52. The van der Waals surface area contributed by atoms with E-state index >= 15 is 0 Å². The van der Waals surface area contributed by atoms with Crippen LogP contribution in [0.25, 0.3) is 0 Å². The van der Waals surface area contributed by atoms with Crippen molar-refractivity contribution in [3.63, 3.8) is 0 Å². The van der Waals surface area contributed by atoms with E-state index in [2.05, 4.69) is 29.2 Å². The van der Waals surface area contributed by atoms with Gasteiger partial charge in [0.15, 0.2) is 0 Å². The van der Waals surface area contributed by atoms with Crippen LogP contribution < -0.4 is 0 Å². The maximum atomic E-state index is 12.8. The highest BCUT2D eigenvalue weighted by molar-refractivity contribution is 5.96. The predicted octanol–water partition coefficient (Wildman–Crippen LogP) is 2.49. The van der Waals surface area contributed by atoms with Gasteiger partial charge in [0.05, 0.1) is 6.10 Å². The second kappa shape index (κ2) is 7.60. The van der Waals surface area contributed by atoms with Crippen molar-refractivity contribution in [2.75, 3.05) is 26.2 Å². The monoisotopic (exact) mass is 350 g/mol. The molecule has 1 atom stereocenters. The minimum absolute atomic E-state index is 0.0566. The van der Waals surface area contributed by atoms with E-state index in [1.54, 1.807) is 0 Å². The lowest BCUT2D eigenvalue weighted by molar-refractivity contribution is 0.0513. The Kier molecular flexibility index (Phi) is 5.05. The van der Waals surface area contributed by atoms with Gasteiger partial charge in [-0.2, -0.15) is 0 Å². The summed E-state index contributed by atoms with van der Waals surface area (Å²) in [7, 11) is 0. The van der Waals surface area contributed by atoms with Gasteiger partial charge in [-0.3, -0.25) is 9.69 Å².